The molecule has 3 aromatic carbocycles. The normalized spacial score (nSPS) is 10.8. The predicted molar refractivity (Wildman–Crippen MR) is 104 cm³/mol. The molecule has 130 valence electrons. The zero-order chi connectivity index (χ0) is 18.4. The first-order chi connectivity index (χ1) is 12.6. The fraction of sp³-hybridized carbons (Fsp3) is 0.0500. The molecule has 0 aliphatic heterocycles. The summed E-state index contributed by atoms with van der Waals surface area (Å²) in [6, 6.07) is 20.4. The van der Waals surface area contributed by atoms with Crippen LogP contribution < -0.4 is 10.7 Å². The molecule has 3 rings (SSSR count). The predicted octanol–water partition coefficient (Wildman–Crippen LogP) is 3.97. The number of hydrogen-bond donors (Lipinski definition) is 2. The number of carbonyl (C=O) groups is 2. The first kappa shape index (κ1) is 17.6. The maximum atomic E-state index is 11.9. The second kappa shape index (κ2) is 8.27. The van der Waals surface area contributed by atoms with Crippen LogP contribution in [0.15, 0.2) is 71.8 Å². The first-order valence-electron chi connectivity index (χ1n) is 7.97. The van der Waals surface area contributed by atoms with Crippen molar-refractivity contribution in [3.63, 3.8) is 0 Å². The van der Waals surface area contributed by atoms with Crippen LogP contribution in [0.4, 0.5) is 5.69 Å². The van der Waals surface area contributed by atoms with E-state index in [0.29, 0.717) is 10.7 Å². The number of benzene rings is 3. The number of hydrazone groups is 1. The van der Waals surface area contributed by atoms with Crippen molar-refractivity contribution in [2.24, 2.45) is 5.10 Å². The number of carbonyl (C=O) groups excluding carboxylic acids is 2. The van der Waals surface area contributed by atoms with Crippen LogP contribution in [-0.4, -0.2) is 18.0 Å². The van der Waals surface area contributed by atoms with Gasteiger partial charge in [0.2, 0.25) is 11.8 Å². The molecule has 0 bridgehead atoms. The van der Waals surface area contributed by atoms with Gasteiger partial charge >= 0.3 is 0 Å². The number of nitrogens with one attached hydrogen (secondary N) is 2. The summed E-state index contributed by atoms with van der Waals surface area (Å²) < 4.78 is 0. The third-order valence-electron chi connectivity index (χ3n) is 3.67. The Labute approximate surface area is 155 Å². The summed E-state index contributed by atoms with van der Waals surface area (Å²) in [6.07, 6.45) is 1.24. The summed E-state index contributed by atoms with van der Waals surface area (Å²) in [7, 11) is 0. The number of rotatable bonds is 5. The van der Waals surface area contributed by atoms with E-state index in [1.807, 2.05) is 42.5 Å². The Morgan fingerprint density at radius 1 is 0.923 bits per heavy atom. The molecule has 0 heterocycles. The smallest absolute Gasteiger partial charge is 0.249 e. The van der Waals surface area contributed by atoms with Gasteiger partial charge < -0.3 is 5.32 Å². The summed E-state index contributed by atoms with van der Waals surface area (Å²) in [5, 5.41) is 9.26. The summed E-state index contributed by atoms with van der Waals surface area (Å²) in [6.45, 7) is 0. The Bertz CT molecular complexity index is 963. The van der Waals surface area contributed by atoms with Crippen molar-refractivity contribution in [2.75, 3.05) is 5.32 Å². The van der Waals surface area contributed by atoms with Gasteiger partial charge in [-0.15, -0.1) is 0 Å². The number of halogens is 1. The highest BCUT2D eigenvalue weighted by Crippen LogP contribution is 2.16. The molecular weight excluding hydrogens is 350 g/mol. The van der Waals surface area contributed by atoms with Gasteiger partial charge in [-0.3, -0.25) is 9.59 Å². The Hall–Kier alpha value is -3.18. The molecule has 3 aromatic rings. The molecule has 5 nitrogen and oxygen atoms in total. The highest BCUT2D eigenvalue weighted by Gasteiger charge is 2.09. The molecule has 0 saturated carbocycles. The molecule has 0 aliphatic rings. The molecule has 0 fully saturated rings. The van der Waals surface area contributed by atoms with Crippen LogP contribution >= 0.6 is 11.6 Å². The highest BCUT2D eigenvalue weighted by molar-refractivity contribution is 6.30. The van der Waals surface area contributed by atoms with Gasteiger partial charge in [0.25, 0.3) is 0 Å². The molecule has 0 aromatic heterocycles. The minimum atomic E-state index is -0.493. The van der Waals surface area contributed by atoms with E-state index in [4.69, 9.17) is 11.6 Å². The van der Waals surface area contributed by atoms with E-state index in [9.17, 15) is 9.59 Å². The minimum absolute atomic E-state index is 0.324. The van der Waals surface area contributed by atoms with Crippen molar-refractivity contribution in [1.82, 2.24) is 5.43 Å². The fourth-order valence-electron chi connectivity index (χ4n) is 2.46. The number of anilines is 1. The van der Waals surface area contributed by atoms with Crippen LogP contribution in [0.1, 0.15) is 12.0 Å². The van der Waals surface area contributed by atoms with E-state index in [1.165, 1.54) is 0 Å². The van der Waals surface area contributed by atoms with Gasteiger partial charge in [-0.25, -0.2) is 5.43 Å². The fourth-order valence-corrected chi connectivity index (χ4v) is 2.59. The number of amides is 2. The number of fused-ring (bicyclic) bond motifs is 1. The molecule has 0 saturated heterocycles. The van der Waals surface area contributed by atoms with Gasteiger partial charge in [0, 0.05) is 16.3 Å². The van der Waals surface area contributed by atoms with Gasteiger partial charge in [0.15, 0.2) is 0 Å². The molecule has 0 spiro atoms. The van der Waals surface area contributed by atoms with Gasteiger partial charge in [-0.1, -0.05) is 54.1 Å². The van der Waals surface area contributed by atoms with E-state index in [1.54, 1.807) is 30.5 Å². The molecule has 26 heavy (non-hydrogen) atoms. The molecule has 0 atom stereocenters. The Morgan fingerprint density at radius 2 is 1.65 bits per heavy atom. The second-order valence-corrected chi connectivity index (χ2v) is 6.03. The Balaban J connectivity index is 1.55. The SMILES string of the molecule is O=C(CC(=O)Nc1ccc(Cl)cc1)NN=Cc1cccc2ccccc12. The summed E-state index contributed by atoms with van der Waals surface area (Å²) >= 11 is 5.78. The lowest BCUT2D eigenvalue weighted by atomic mass is 10.1. The number of nitrogens with zero attached hydrogens (tertiary/aromatic N) is 1. The Kier molecular flexibility index (Phi) is 5.61. The van der Waals surface area contributed by atoms with E-state index < -0.39 is 11.8 Å². The average Bonchev–Trinajstić information content (AvgIpc) is 2.64. The third kappa shape index (κ3) is 4.68. The van der Waals surface area contributed by atoms with Crippen molar-refractivity contribution in [1.29, 1.82) is 0 Å². The van der Waals surface area contributed by atoms with Gasteiger partial charge in [0.05, 0.1) is 6.21 Å². The summed E-state index contributed by atoms with van der Waals surface area (Å²) in [5.74, 6) is -0.918. The van der Waals surface area contributed by atoms with Crippen LogP contribution in [0, 0.1) is 0 Å². The zero-order valence-electron chi connectivity index (χ0n) is 13.8. The van der Waals surface area contributed by atoms with Gasteiger partial charge in [0.1, 0.15) is 6.42 Å². The van der Waals surface area contributed by atoms with Crippen molar-refractivity contribution in [3.8, 4) is 0 Å². The Morgan fingerprint density at radius 3 is 2.46 bits per heavy atom. The van der Waals surface area contributed by atoms with E-state index >= 15 is 0 Å². The molecule has 0 radical (unpaired) electrons. The van der Waals surface area contributed by atoms with Crippen LogP contribution in [0.25, 0.3) is 10.8 Å². The summed E-state index contributed by atoms with van der Waals surface area (Å²) in [4.78, 5) is 23.7. The highest BCUT2D eigenvalue weighted by atomic mass is 35.5. The van der Waals surface area contributed by atoms with Crippen LogP contribution in [0.2, 0.25) is 5.02 Å². The topological polar surface area (TPSA) is 70.6 Å². The third-order valence-corrected chi connectivity index (χ3v) is 3.92. The lowest BCUT2D eigenvalue weighted by molar-refractivity contribution is -0.126. The molecule has 0 unspecified atom stereocenters. The largest absolute Gasteiger partial charge is 0.326 e. The quantitative estimate of drug-likeness (QED) is 0.408. The maximum absolute atomic E-state index is 11.9. The van der Waals surface area contributed by atoms with Crippen molar-refractivity contribution >= 4 is 46.1 Å². The van der Waals surface area contributed by atoms with Crippen LogP contribution in [0.3, 0.4) is 0 Å². The van der Waals surface area contributed by atoms with E-state index in [2.05, 4.69) is 15.8 Å². The minimum Gasteiger partial charge on any atom is -0.326 e. The van der Waals surface area contributed by atoms with E-state index in [0.717, 1.165) is 16.3 Å². The molecular formula is C20H16ClN3O2. The lowest BCUT2D eigenvalue weighted by Crippen LogP contribution is -2.24. The molecule has 0 aliphatic carbocycles. The maximum Gasteiger partial charge on any atom is 0.249 e. The zero-order valence-corrected chi connectivity index (χ0v) is 14.5. The monoisotopic (exact) mass is 365 g/mol. The van der Waals surface area contributed by atoms with Crippen molar-refractivity contribution < 1.29 is 9.59 Å². The molecule has 2 amide bonds. The van der Waals surface area contributed by atoms with E-state index in [-0.39, 0.29) is 6.42 Å². The molecule has 6 heteroatoms. The van der Waals surface area contributed by atoms with Crippen molar-refractivity contribution in [3.05, 3.63) is 77.3 Å². The van der Waals surface area contributed by atoms with Crippen molar-refractivity contribution in [2.45, 2.75) is 6.42 Å². The van der Waals surface area contributed by atoms with Crippen LogP contribution in [0.5, 0.6) is 0 Å². The van der Waals surface area contributed by atoms with Gasteiger partial charge in [-0.05, 0) is 35.0 Å². The molecule has 2 N–H and O–H groups in total. The average molecular weight is 366 g/mol. The van der Waals surface area contributed by atoms with Crippen LogP contribution in [-0.2, 0) is 9.59 Å². The lowest BCUT2D eigenvalue weighted by Gasteiger charge is -2.05. The summed E-state index contributed by atoms with van der Waals surface area (Å²) in [5.41, 5.74) is 3.83. The second-order valence-electron chi connectivity index (χ2n) is 5.59. The van der Waals surface area contributed by atoms with Gasteiger partial charge in [-0.2, -0.15) is 5.10 Å². The standard InChI is InChI=1S/C20H16ClN3O2/c21-16-8-10-17(11-9-16)23-19(25)12-20(26)24-22-13-15-6-3-5-14-4-1-2-7-18(14)15/h1-11,13H,12H2,(H,23,25)(H,24,26). The first-order valence-corrected chi connectivity index (χ1v) is 8.35. The number of hydrogen-bond acceptors (Lipinski definition) is 3.